The van der Waals surface area contributed by atoms with Crippen molar-refractivity contribution in [1.82, 2.24) is 20.9 Å². The highest BCUT2D eigenvalue weighted by Crippen LogP contribution is 2.31. The van der Waals surface area contributed by atoms with E-state index in [2.05, 4.69) is 20.9 Å². The molecule has 6 rings (SSSR count). The third-order valence-electron chi connectivity index (χ3n) is 11.2. The van der Waals surface area contributed by atoms with Crippen molar-refractivity contribution in [2.75, 3.05) is 26.4 Å². The summed E-state index contributed by atoms with van der Waals surface area (Å²) >= 11 is 12.0. The number of carboxylic acid groups (broad SMARTS) is 2. The van der Waals surface area contributed by atoms with Crippen molar-refractivity contribution >= 4 is 70.9 Å². The number of rotatable bonds is 22. The third-order valence-corrected chi connectivity index (χ3v) is 11.7. The Hall–Kier alpha value is -6.13. The lowest BCUT2D eigenvalue weighted by atomic mass is 9.82. The third kappa shape index (κ3) is 17.0. The molecule has 0 aliphatic heterocycles. The van der Waals surface area contributed by atoms with E-state index in [0.717, 1.165) is 23.3 Å². The molecule has 4 atom stereocenters. The molecule has 0 fully saturated rings. The first-order valence-corrected chi connectivity index (χ1v) is 22.7. The Morgan fingerprint density at radius 3 is 1.26 bits per heavy atom. The zero-order chi connectivity index (χ0) is 51.2. The van der Waals surface area contributed by atoms with Crippen molar-refractivity contribution in [2.45, 2.75) is 72.9 Å². The van der Waals surface area contributed by atoms with Gasteiger partial charge in [-0.25, -0.2) is 8.78 Å². The second kappa shape index (κ2) is 27.6. The van der Waals surface area contributed by atoms with Crippen LogP contribution in [0.1, 0.15) is 80.2 Å². The maximum atomic E-state index is 14.2. The van der Waals surface area contributed by atoms with Crippen molar-refractivity contribution < 1.29 is 56.7 Å². The first-order valence-electron chi connectivity index (χ1n) is 21.9. The standard InChI is InChI=1S/2C25H26ClFN2O6.CH4.HI/c2*1-3-34-14-25(2,24(32)33)13-18(28-23(31)21-12-22(30)29-35-21)10-15-4-6-16(7-5-15)19-11-17(26)8-9-20(19)27;;/h2*4-9,11-12,18H,3,10,13-14H2,1-2H3,(H,28,31)(H,29,30)(H,32,33);1H4;1H/t2*18-,25+;;/m11../s1. The maximum absolute atomic E-state index is 14.2. The highest BCUT2D eigenvalue weighted by Gasteiger charge is 2.38. The normalized spacial score (nSPS) is 13.3. The lowest BCUT2D eigenvalue weighted by Crippen LogP contribution is -2.44. The van der Waals surface area contributed by atoms with Crippen LogP contribution in [0.3, 0.4) is 0 Å². The van der Waals surface area contributed by atoms with Crippen LogP contribution >= 0.6 is 47.2 Å². The largest absolute Gasteiger partial charge is 0.481 e. The van der Waals surface area contributed by atoms with Gasteiger partial charge < -0.3 is 39.4 Å². The molecule has 0 saturated carbocycles. The molecule has 0 saturated heterocycles. The molecule has 0 unspecified atom stereocenters. The van der Waals surface area contributed by atoms with E-state index < -0.39 is 69.4 Å². The Labute approximate surface area is 440 Å². The molecule has 4 aromatic carbocycles. The van der Waals surface area contributed by atoms with Gasteiger partial charge in [0.2, 0.25) is 11.5 Å². The fourth-order valence-corrected chi connectivity index (χ4v) is 7.80. The van der Waals surface area contributed by atoms with Gasteiger partial charge in [0.1, 0.15) is 11.6 Å². The van der Waals surface area contributed by atoms with Gasteiger partial charge in [-0.05, 0) is 112 Å². The summed E-state index contributed by atoms with van der Waals surface area (Å²) in [5.41, 5.74) is -0.191. The summed E-state index contributed by atoms with van der Waals surface area (Å²) in [5.74, 6) is -4.69. The summed E-state index contributed by atoms with van der Waals surface area (Å²) in [6, 6.07) is 23.3. The summed E-state index contributed by atoms with van der Waals surface area (Å²) < 4.78 is 49.0. The van der Waals surface area contributed by atoms with Crippen LogP contribution in [0.2, 0.25) is 10.0 Å². The number of aliphatic carboxylic acids is 2. The molecule has 0 aliphatic rings. The highest BCUT2D eigenvalue weighted by atomic mass is 127. The van der Waals surface area contributed by atoms with E-state index >= 15 is 0 Å². The topological polar surface area (TPSA) is 243 Å². The molecule has 0 bridgehead atoms. The smallest absolute Gasteiger partial charge is 0.311 e. The lowest BCUT2D eigenvalue weighted by molar-refractivity contribution is -0.153. The zero-order valence-electron chi connectivity index (χ0n) is 38.9. The molecule has 72 heavy (non-hydrogen) atoms. The quantitative estimate of drug-likeness (QED) is 0.0348. The number of ether oxygens (including phenoxy) is 2. The van der Waals surface area contributed by atoms with Crippen LogP contribution in [-0.4, -0.2) is 82.8 Å². The Balaban J connectivity index is 0.000000370. The van der Waals surface area contributed by atoms with Crippen LogP contribution in [0, 0.1) is 22.5 Å². The summed E-state index contributed by atoms with van der Waals surface area (Å²) in [7, 11) is 0. The minimum atomic E-state index is -1.28. The van der Waals surface area contributed by atoms with Crippen molar-refractivity contribution in [3.8, 4) is 22.3 Å². The number of H-pyrrole nitrogens is 2. The molecule has 21 heteroatoms. The van der Waals surface area contributed by atoms with Gasteiger partial charge in [0.05, 0.1) is 36.2 Å². The van der Waals surface area contributed by atoms with Gasteiger partial charge in [-0.15, -0.1) is 24.0 Å². The van der Waals surface area contributed by atoms with Crippen molar-refractivity contribution in [3.63, 3.8) is 0 Å². The Morgan fingerprint density at radius 1 is 0.625 bits per heavy atom. The van der Waals surface area contributed by atoms with Crippen LogP contribution in [0.5, 0.6) is 0 Å². The van der Waals surface area contributed by atoms with Crippen LogP contribution in [-0.2, 0) is 31.9 Å². The molecule has 0 spiro atoms. The number of aromatic nitrogens is 2. The number of hydrogen-bond donors (Lipinski definition) is 6. The van der Waals surface area contributed by atoms with Gasteiger partial charge in [0, 0.05) is 46.5 Å². The molecule has 16 nitrogen and oxygen atoms in total. The molecule has 6 aromatic rings. The summed E-state index contributed by atoms with van der Waals surface area (Å²) in [6.45, 7) is 7.22. The molecule has 6 N–H and O–H groups in total. The SMILES string of the molecule is C.CCOC[C@](C)(C[C@@H](Cc1ccc(-c2cc(Cl)ccc2F)cc1)NC(=O)c1cc(=O)[nH]o1)C(=O)O.CCOC[C@](C)(C[C@@H](Cc1ccc(-c2cc(Cl)ccc2F)cc1)NC(=O)c1cc(=O)[nH]o1)C(=O)O.I. The van der Waals surface area contributed by atoms with E-state index in [4.69, 9.17) is 41.7 Å². The van der Waals surface area contributed by atoms with E-state index in [0.29, 0.717) is 45.5 Å². The lowest BCUT2D eigenvalue weighted by Gasteiger charge is -2.30. The monoisotopic (exact) mass is 1150 g/mol. The van der Waals surface area contributed by atoms with Gasteiger partial charge in [0.15, 0.2) is 0 Å². The van der Waals surface area contributed by atoms with E-state index in [1.54, 1.807) is 76.2 Å². The number of amides is 2. The average molecular weight is 1150 g/mol. The van der Waals surface area contributed by atoms with Crippen LogP contribution in [0.25, 0.3) is 22.3 Å². The zero-order valence-corrected chi connectivity index (χ0v) is 42.8. The molecular weight excluding hydrogens is 1100 g/mol. The summed E-state index contributed by atoms with van der Waals surface area (Å²) in [5, 5.41) is 30.1. The number of halogens is 5. The Morgan fingerprint density at radius 2 is 0.972 bits per heavy atom. The Kier molecular flexibility index (Phi) is 23.1. The highest BCUT2D eigenvalue weighted by molar-refractivity contribution is 14.0. The van der Waals surface area contributed by atoms with E-state index in [-0.39, 0.29) is 81.8 Å². The second-order valence-electron chi connectivity index (χ2n) is 17.0. The fraction of sp³-hybridized carbons (Fsp3) is 0.333. The first kappa shape index (κ1) is 60.2. The van der Waals surface area contributed by atoms with Crippen LogP contribution in [0.15, 0.2) is 116 Å². The molecular formula is C51H57Cl2F2IN4O12. The van der Waals surface area contributed by atoms with Crippen molar-refractivity contribution in [2.24, 2.45) is 10.8 Å². The molecule has 2 amide bonds. The maximum Gasteiger partial charge on any atom is 0.311 e. The molecule has 2 aromatic heterocycles. The van der Waals surface area contributed by atoms with E-state index in [1.165, 1.54) is 36.4 Å². The molecule has 2 heterocycles. The van der Waals surface area contributed by atoms with Gasteiger partial charge in [-0.1, -0.05) is 79.2 Å². The number of carbonyl (C=O) groups excluding carboxylic acids is 2. The van der Waals surface area contributed by atoms with Crippen molar-refractivity contribution in [3.05, 3.63) is 162 Å². The number of carboxylic acids is 2. The first-order chi connectivity index (χ1) is 33.2. The number of nitrogens with one attached hydrogen (secondary N) is 4. The van der Waals surface area contributed by atoms with E-state index in [9.17, 15) is 47.8 Å². The number of benzene rings is 4. The van der Waals surface area contributed by atoms with Gasteiger partial charge in [-0.2, -0.15) is 10.3 Å². The molecule has 0 radical (unpaired) electrons. The molecule has 0 aliphatic carbocycles. The van der Waals surface area contributed by atoms with Gasteiger partial charge in [0.25, 0.3) is 22.9 Å². The fourth-order valence-electron chi connectivity index (χ4n) is 7.46. The van der Waals surface area contributed by atoms with Gasteiger partial charge in [-0.3, -0.25) is 28.8 Å². The van der Waals surface area contributed by atoms with Gasteiger partial charge >= 0.3 is 11.9 Å². The average Bonchev–Trinajstić information content (AvgIpc) is 3.98. The minimum Gasteiger partial charge on any atom is -0.481 e. The number of carbonyl (C=O) groups is 4. The van der Waals surface area contributed by atoms with Crippen LogP contribution < -0.4 is 21.8 Å². The summed E-state index contributed by atoms with van der Waals surface area (Å²) in [4.78, 5) is 72.0. The minimum absolute atomic E-state index is 0. The Bertz CT molecular complexity index is 2680. The van der Waals surface area contributed by atoms with E-state index in [1.807, 2.05) is 0 Å². The number of hydrogen-bond acceptors (Lipinski definition) is 10. The van der Waals surface area contributed by atoms with Crippen LogP contribution in [0.4, 0.5) is 8.78 Å². The molecule has 388 valence electrons. The second-order valence-corrected chi connectivity index (χ2v) is 17.8. The predicted molar refractivity (Wildman–Crippen MR) is 278 cm³/mol. The van der Waals surface area contributed by atoms with Crippen molar-refractivity contribution in [1.29, 1.82) is 0 Å². The predicted octanol–water partition coefficient (Wildman–Crippen LogP) is 9.83. The number of aromatic amines is 2. The summed E-state index contributed by atoms with van der Waals surface area (Å²) in [6.07, 6.45) is 0.641.